The van der Waals surface area contributed by atoms with Gasteiger partial charge in [-0.1, -0.05) is 49.8 Å². The molecule has 1 fully saturated rings. The molecule has 0 spiro atoms. The van der Waals surface area contributed by atoms with E-state index in [0.29, 0.717) is 27.6 Å². The third-order valence-corrected chi connectivity index (χ3v) is 5.74. The molecule has 0 N–H and O–H groups in total. The summed E-state index contributed by atoms with van der Waals surface area (Å²) in [6.45, 7) is 0. The van der Waals surface area contributed by atoms with E-state index >= 15 is 0 Å². The molecule has 1 heterocycles. The number of Topliss-reactive ketones (excluding diaryl/α,β-unsaturated/α-hetero) is 1. The van der Waals surface area contributed by atoms with Crippen LogP contribution in [0.1, 0.15) is 48.2 Å². The van der Waals surface area contributed by atoms with Gasteiger partial charge in [0.2, 0.25) is 0 Å². The number of rotatable bonds is 3. The van der Waals surface area contributed by atoms with Crippen molar-refractivity contribution >= 4 is 38.8 Å². The molecule has 0 bridgehead atoms. The zero-order valence-electron chi connectivity index (χ0n) is 11.1. The highest BCUT2D eigenvalue weighted by Crippen LogP contribution is 2.38. The predicted octanol–water partition coefficient (Wildman–Crippen LogP) is 5.85. The van der Waals surface area contributed by atoms with E-state index in [9.17, 15) is 9.18 Å². The second-order valence-corrected chi connectivity index (χ2v) is 6.92. The van der Waals surface area contributed by atoms with E-state index in [4.69, 9.17) is 11.6 Å². The molecule has 20 heavy (non-hydrogen) atoms. The van der Waals surface area contributed by atoms with Crippen LogP contribution in [0.15, 0.2) is 18.2 Å². The van der Waals surface area contributed by atoms with Crippen LogP contribution in [0.5, 0.6) is 0 Å². The highest BCUT2D eigenvalue weighted by molar-refractivity contribution is 7.21. The molecule has 4 heteroatoms. The topological polar surface area (TPSA) is 17.1 Å². The first-order valence-corrected chi connectivity index (χ1v) is 8.26. The number of halogens is 2. The van der Waals surface area contributed by atoms with Gasteiger partial charge in [-0.15, -0.1) is 11.3 Å². The van der Waals surface area contributed by atoms with Crippen molar-refractivity contribution in [2.24, 2.45) is 5.92 Å². The second-order valence-electron chi connectivity index (χ2n) is 5.49. The van der Waals surface area contributed by atoms with Gasteiger partial charge in [0.15, 0.2) is 5.78 Å². The van der Waals surface area contributed by atoms with E-state index in [2.05, 4.69) is 0 Å². The van der Waals surface area contributed by atoms with Crippen molar-refractivity contribution in [2.45, 2.75) is 38.5 Å². The molecular weight excluding hydrogens is 295 g/mol. The van der Waals surface area contributed by atoms with Crippen molar-refractivity contribution < 1.29 is 9.18 Å². The number of carbonyl (C=O) groups is 1. The Balaban J connectivity index is 1.87. The zero-order chi connectivity index (χ0) is 14.1. The SMILES string of the molecule is O=C(CC1CCCCC1)c1sc2cccc(F)c2c1Cl. The van der Waals surface area contributed by atoms with Crippen LogP contribution in [0.2, 0.25) is 5.02 Å². The summed E-state index contributed by atoms with van der Waals surface area (Å²) < 4.78 is 14.5. The van der Waals surface area contributed by atoms with Gasteiger partial charge in [0.25, 0.3) is 0 Å². The molecule has 0 unspecified atom stereocenters. The third kappa shape index (κ3) is 2.61. The molecule has 0 amide bonds. The Labute approximate surface area is 126 Å². The fourth-order valence-corrected chi connectivity index (χ4v) is 4.52. The first-order valence-electron chi connectivity index (χ1n) is 7.06. The summed E-state index contributed by atoms with van der Waals surface area (Å²) in [7, 11) is 0. The maximum absolute atomic E-state index is 13.8. The molecule has 1 saturated carbocycles. The van der Waals surface area contributed by atoms with Gasteiger partial charge in [-0.05, 0) is 18.1 Å². The Kier molecular flexibility index (Phi) is 4.08. The van der Waals surface area contributed by atoms with Crippen LogP contribution in [0, 0.1) is 11.7 Å². The fraction of sp³-hybridized carbons (Fsp3) is 0.438. The van der Waals surface area contributed by atoms with Crippen molar-refractivity contribution in [1.29, 1.82) is 0 Å². The molecule has 3 rings (SSSR count). The minimum absolute atomic E-state index is 0.0718. The molecule has 106 valence electrons. The first kappa shape index (κ1) is 14.0. The van der Waals surface area contributed by atoms with E-state index in [0.717, 1.165) is 17.5 Å². The molecular formula is C16H16ClFOS. The predicted molar refractivity (Wildman–Crippen MR) is 82.3 cm³/mol. The molecule has 1 aromatic carbocycles. The average Bonchev–Trinajstić information content (AvgIpc) is 2.79. The Morgan fingerprint density at radius 1 is 1.30 bits per heavy atom. The smallest absolute Gasteiger partial charge is 0.174 e. The molecule has 2 aromatic rings. The summed E-state index contributed by atoms with van der Waals surface area (Å²) in [6.07, 6.45) is 6.51. The van der Waals surface area contributed by atoms with Crippen LogP contribution in [0.25, 0.3) is 10.1 Å². The highest BCUT2D eigenvalue weighted by atomic mass is 35.5. The second kappa shape index (κ2) is 5.82. The normalized spacial score (nSPS) is 16.7. The van der Waals surface area contributed by atoms with Gasteiger partial charge in [0.1, 0.15) is 5.82 Å². The van der Waals surface area contributed by atoms with Gasteiger partial charge < -0.3 is 0 Å². The molecule has 0 saturated heterocycles. The lowest BCUT2D eigenvalue weighted by atomic mass is 9.85. The first-order chi connectivity index (χ1) is 9.66. The van der Waals surface area contributed by atoms with Crippen molar-refractivity contribution in [3.63, 3.8) is 0 Å². The molecule has 0 radical (unpaired) electrons. The average molecular weight is 311 g/mol. The molecule has 1 aliphatic rings. The Bertz CT molecular complexity index is 643. The number of hydrogen-bond acceptors (Lipinski definition) is 2. The monoisotopic (exact) mass is 310 g/mol. The standard InChI is InChI=1S/C16H16ClFOS/c17-15-14-11(18)7-4-8-13(14)20-16(15)12(19)9-10-5-2-1-3-6-10/h4,7-8,10H,1-3,5-6,9H2. The Morgan fingerprint density at radius 3 is 2.75 bits per heavy atom. The summed E-state index contributed by atoms with van der Waals surface area (Å²) in [4.78, 5) is 12.9. The maximum Gasteiger partial charge on any atom is 0.174 e. The molecule has 1 aromatic heterocycles. The lowest BCUT2D eigenvalue weighted by Crippen LogP contribution is -2.11. The zero-order valence-corrected chi connectivity index (χ0v) is 12.7. The van der Waals surface area contributed by atoms with Gasteiger partial charge in [-0.25, -0.2) is 4.39 Å². The minimum Gasteiger partial charge on any atom is -0.293 e. The lowest BCUT2D eigenvalue weighted by Gasteiger charge is -2.20. The minimum atomic E-state index is -0.347. The Hall–Kier alpha value is -0.930. The van der Waals surface area contributed by atoms with Crippen LogP contribution >= 0.6 is 22.9 Å². The van der Waals surface area contributed by atoms with Crippen molar-refractivity contribution in [2.75, 3.05) is 0 Å². The van der Waals surface area contributed by atoms with E-state index < -0.39 is 0 Å². The van der Waals surface area contributed by atoms with E-state index in [1.165, 1.54) is 36.7 Å². The lowest BCUT2D eigenvalue weighted by molar-refractivity contribution is 0.0954. The number of thiophene rings is 1. The van der Waals surface area contributed by atoms with Crippen molar-refractivity contribution in [3.8, 4) is 0 Å². The molecule has 0 atom stereocenters. The van der Waals surface area contributed by atoms with Gasteiger partial charge in [0, 0.05) is 16.5 Å². The number of hydrogen-bond donors (Lipinski definition) is 0. The molecule has 0 aliphatic heterocycles. The largest absolute Gasteiger partial charge is 0.293 e. The van der Waals surface area contributed by atoms with Crippen molar-refractivity contribution in [1.82, 2.24) is 0 Å². The van der Waals surface area contributed by atoms with Crippen LogP contribution < -0.4 is 0 Å². The van der Waals surface area contributed by atoms with Gasteiger partial charge in [-0.3, -0.25) is 4.79 Å². The van der Waals surface area contributed by atoms with E-state index in [1.54, 1.807) is 6.07 Å². The number of ketones is 1. The molecule has 1 aliphatic carbocycles. The summed E-state index contributed by atoms with van der Waals surface area (Å²) >= 11 is 7.54. The van der Waals surface area contributed by atoms with Crippen molar-refractivity contribution in [3.05, 3.63) is 33.9 Å². The number of fused-ring (bicyclic) bond motifs is 1. The summed E-state index contributed by atoms with van der Waals surface area (Å²) in [5.41, 5.74) is 0. The summed E-state index contributed by atoms with van der Waals surface area (Å²) in [5, 5.41) is 0.690. The van der Waals surface area contributed by atoms with Gasteiger partial charge in [-0.2, -0.15) is 0 Å². The quantitative estimate of drug-likeness (QED) is 0.650. The number of benzene rings is 1. The van der Waals surface area contributed by atoms with Crippen LogP contribution in [0.3, 0.4) is 0 Å². The fourth-order valence-electron chi connectivity index (χ4n) is 3.00. The van der Waals surface area contributed by atoms with E-state index in [-0.39, 0.29) is 11.6 Å². The Morgan fingerprint density at radius 2 is 2.05 bits per heavy atom. The third-order valence-electron chi connectivity index (χ3n) is 4.06. The van der Waals surface area contributed by atoms with Crippen LogP contribution in [-0.4, -0.2) is 5.78 Å². The highest BCUT2D eigenvalue weighted by Gasteiger charge is 2.23. The maximum atomic E-state index is 13.8. The van der Waals surface area contributed by atoms with E-state index in [1.807, 2.05) is 6.07 Å². The van der Waals surface area contributed by atoms with Gasteiger partial charge in [0.05, 0.1) is 9.90 Å². The number of carbonyl (C=O) groups excluding carboxylic acids is 1. The van der Waals surface area contributed by atoms with Gasteiger partial charge >= 0.3 is 0 Å². The summed E-state index contributed by atoms with van der Waals surface area (Å²) in [5.74, 6) is 0.199. The molecule has 1 nitrogen and oxygen atoms in total. The van der Waals surface area contributed by atoms with Crippen LogP contribution in [0.4, 0.5) is 4.39 Å². The van der Waals surface area contributed by atoms with Crippen LogP contribution in [-0.2, 0) is 0 Å². The summed E-state index contributed by atoms with van der Waals surface area (Å²) in [6, 6.07) is 4.85.